The smallest absolute Gasteiger partial charge is 0.132 e. The van der Waals surface area contributed by atoms with Gasteiger partial charge < -0.3 is 15.4 Å². The Morgan fingerprint density at radius 1 is 1.06 bits per heavy atom. The van der Waals surface area contributed by atoms with Crippen LogP contribution in [-0.4, -0.2) is 52.4 Å². The summed E-state index contributed by atoms with van der Waals surface area (Å²) in [6.45, 7) is 4.01. The second-order valence-electron chi connectivity index (χ2n) is 7.84. The summed E-state index contributed by atoms with van der Waals surface area (Å²) >= 11 is 1.51. The topological polar surface area (TPSA) is 91.4 Å². The summed E-state index contributed by atoms with van der Waals surface area (Å²) < 4.78 is 5.90. The Kier molecular flexibility index (Phi) is 5.76. The van der Waals surface area contributed by atoms with Crippen molar-refractivity contribution in [1.29, 1.82) is 5.41 Å². The fourth-order valence-electron chi connectivity index (χ4n) is 4.12. The molecule has 8 heteroatoms. The number of nitrogens with two attached hydrogens (primary N) is 1. The van der Waals surface area contributed by atoms with Gasteiger partial charge in [0.15, 0.2) is 0 Å². The van der Waals surface area contributed by atoms with E-state index in [2.05, 4.69) is 9.88 Å². The van der Waals surface area contributed by atoms with Crippen molar-refractivity contribution in [2.75, 3.05) is 31.1 Å². The Bertz CT molecular complexity index is 1070. The van der Waals surface area contributed by atoms with Gasteiger partial charge in [0, 0.05) is 12.2 Å². The zero-order chi connectivity index (χ0) is 21.2. The number of rotatable bonds is 6. The van der Waals surface area contributed by atoms with Crippen molar-refractivity contribution in [2.24, 2.45) is 5.73 Å². The van der Waals surface area contributed by atoms with Crippen LogP contribution >= 0.6 is 11.8 Å². The summed E-state index contributed by atoms with van der Waals surface area (Å²) in [5.41, 5.74) is 9.36. The van der Waals surface area contributed by atoms with Crippen LogP contribution in [0.4, 0.5) is 5.69 Å². The molecular formula is C23H26N6OS. The lowest BCUT2D eigenvalue weighted by atomic mass is 10.2. The number of hydrogen-bond acceptors (Lipinski definition) is 7. The van der Waals surface area contributed by atoms with Gasteiger partial charge in [0.1, 0.15) is 28.9 Å². The molecule has 5 rings (SSSR count). The van der Waals surface area contributed by atoms with Gasteiger partial charge in [-0.15, -0.1) is 11.8 Å². The van der Waals surface area contributed by atoms with Crippen molar-refractivity contribution < 1.29 is 4.74 Å². The first-order valence-corrected chi connectivity index (χ1v) is 11.6. The first-order valence-electron chi connectivity index (χ1n) is 10.6. The van der Waals surface area contributed by atoms with Gasteiger partial charge in [-0.1, -0.05) is 12.1 Å². The molecule has 1 aromatic heterocycles. The molecule has 0 spiro atoms. The van der Waals surface area contributed by atoms with Gasteiger partial charge in [0.25, 0.3) is 0 Å². The lowest BCUT2D eigenvalue weighted by Crippen LogP contribution is -2.38. The number of nitrogens with one attached hydrogen (secondary N) is 1. The zero-order valence-corrected chi connectivity index (χ0v) is 18.1. The van der Waals surface area contributed by atoms with Crippen LogP contribution in [0.3, 0.4) is 0 Å². The van der Waals surface area contributed by atoms with Crippen molar-refractivity contribution in [3.05, 3.63) is 60.4 Å². The Morgan fingerprint density at radius 2 is 1.81 bits per heavy atom. The predicted octanol–water partition coefficient (Wildman–Crippen LogP) is 3.62. The van der Waals surface area contributed by atoms with E-state index in [9.17, 15) is 0 Å². The van der Waals surface area contributed by atoms with E-state index >= 15 is 0 Å². The number of fused-ring (bicyclic) bond motifs is 1. The van der Waals surface area contributed by atoms with Crippen LogP contribution in [0.5, 0.6) is 5.75 Å². The molecule has 0 saturated carbocycles. The summed E-state index contributed by atoms with van der Waals surface area (Å²) in [5, 5.41) is 8.51. The lowest BCUT2D eigenvalue weighted by molar-refractivity contribution is 0.238. The number of benzene rings is 2. The predicted molar refractivity (Wildman–Crippen MR) is 126 cm³/mol. The molecule has 3 heterocycles. The number of anilines is 1. The molecule has 2 aromatic carbocycles. The first kappa shape index (κ1) is 20.2. The molecule has 0 aliphatic carbocycles. The standard InChI is InChI=1S/C23H26N6OS/c24-22-21(20-15-26-18-5-1-2-6-19(18)27-20)31-23(25)29(22)16-7-9-17(10-8-16)30-14-13-28-11-3-4-12-28/h1-2,5-10,15,21,23-24H,3-4,11-14,25H2. The third-order valence-corrected chi connectivity index (χ3v) is 6.99. The minimum atomic E-state index is -0.354. The molecule has 0 radical (unpaired) electrons. The molecule has 2 atom stereocenters. The first-order chi connectivity index (χ1) is 15.2. The number of likely N-dealkylation sites (tertiary alicyclic amines) is 1. The molecule has 7 nitrogen and oxygen atoms in total. The van der Waals surface area contributed by atoms with Crippen molar-refractivity contribution in [1.82, 2.24) is 14.9 Å². The van der Waals surface area contributed by atoms with Crippen molar-refractivity contribution in [2.45, 2.75) is 23.6 Å². The average Bonchev–Trinajstić information content (AvgIpc) is 3.42. The van der Waals surface area contributed by atoms with E-state index < -0.39 is 0 Å². The molecule has 31 heavy (non-hydrogen) atoms. The number of hydrogen-bond donors (Lipinski definition) is 2. The second-order valence-corrected chi connectivity index (χ2v) is 9.06. The monoisotopic (exact) mass is 434 g/mol. The molecule has 2 unspecified atom stereocenters. The molecular weight excluding hydrogens is 408 g/mol. The molecule has 2 aliphatic rings. The second kappa shape index (κ2) is 8.82. The fraction of sp³-hybridized carbons (Fsp3) is 0.348. The lowest BCUT2D eigenvalue weighted by Gasteiger charge is -2.23. The van der Waals surface area contributed by atoms with E-state index in [0.29, 0.717) is 12.4 Å². The highest BCUT2D eigenvalue weighted by Crippen LogP contribution is 2.42. The van der Waals surface area contributed by atoms with E-state index in [0.717, 1.165) is 34.7 Å². The normalized spacial score (nSPS) is 21.8. The quantitative estimate of drug-likeness (QED) is 0.612. The molecule has 2 aliphatic heterocycles. The Balaban J connectivity index is 1.26. The number of para-hydroxylation sites is 2. The average molecular weight is 435 g/mol. The van der Waals surface area contributed by atoms with Gasteiger partial charge in [-0.25, -0.2) is 4.98 Å². The van der Waals surface area contributed by atoms with Gasteiger partial charge in [0.2, 0.25) is 0 Å². The van der Waals surface area contributed by atoms with Gasteiger partial charge >= 0.3 is 0 Å². The Hall–Kier alpha value is -2.68. The van der Waals surface area contributed by atoms with Gasteiger partial charge in [-0.3, -0.25) is 15.3 Å². The van der Waals surface area contributed by atoms with E-state index in [-0.39, 0.29) is 10.7 Å². The van der Waals surface area contributed by atoms with Crippen molar-refractivity contribution in [3.63, 3.8) is 0 Å². The Labute approximate surface area is 186 Å². The zero-order valence-electron chi connectivity index (χ0n) is 17.3. The largest absolute Gasteiger partial charge is 0.492 e. The van der Waals surface area contributed by atoms with E-state index in [1.807, 2.05) is 53.4 Å². The molecule has 2 saturated heterocycles. The number of aromatic nitrogens is 2. The number of nitrogens with zero attached hydrogens (tertiary/aromatic N) is 4. The molecule has 2 fully saturated rings. The summed E-state index contributed by atoms with van der Waals surface area (Å²) in [6.07, 6.45) is 4.34. The molecule has 3 aromatic rings. The minimum absolute atomic E-state index is 0.247. The van der Waals surface area contributed by atoms with Crippen molar-refractivity contribution in [3.8, 4) is 5.75 Å². The van der Waals surface area contributed by atoms with E-state index in [1.54, 1.807) is 6.20 Å². The SMILES string of the molecule is N=C1C(c2cnc3ccccc3n2)SC(N)N1c1ccc(OCCN2CCCC2)cc1. The van der Waals surface area contributed by atoms with Crippen LogP contribution < -0.4 is 15.4 Å². The van der Waals surface area contributed by atoms with Crippen LogP contribution in [0.15, 0.2) is 54.7 Å². The van der Waals surface area contributed by atoms with Gasteiger partial charge in [-0.05, 0) is 62.3 Å². The molecule has 0 amide bonds. The maximum absolute atomic E-state index is 8.76. The van der Waals surface area contributed by atoms with Gasteiger partial charge in [0.05, 0.1) is 22.9 Å². The van der Waals surface area contributed by atoms with Crippen LogP contribution in [0.25, 0.3) is 11.0 Å². The number of ether oxygens (including phenoxy) is 1. The Morgan fingerprint density at radius 3 is 2.58 bits per heavy atom. The molecule has 160 valence electrons. The van der Waals surface area contributed by atoms with E-state index in [4.69, 9.17) is 20.9 Å². The van der Waals surface area contributed by atoms with Crippen LogP contribution in [-0.2, 0) is 0 Å². The number of thioether (sulfide) groups is 1. The third kappa shape index (κ3) is 4.23. The highest BCUT2D eigenvalue weighted by Gasteiger charge is 2.38. The van der Waals surface area contributed by atoms with Crippen LogP contribution in [0, 0.1) is 5.41 Å². The summed E-state index contributed by atoms with van der Waals surface area (Å²) in [6, 6.07) is 15.6. The van der Waals surface area contributed by atoms with Crippen LogP contribution in [0.2, 0.25) is 0 Å². The van der Waals surface area contributed by atoms with Gasteiger partial charge in [-0.2, -0.15) is 0 Å². The maximum atomic E-state index is 8.76. The fourth-order valence-corrected chi connectivity index (χ4v) is 5.25. The number of amidine groups is 1. The van der Waals surface area contributed by atoms with Crippen molar-refractivity contribution >= 4 is 34.3 Å². The maximum Gasteiger partial charge on any atom is 0.132 e. The van der Waals surface area contributed by atoms with Crippen LogP contribution in [0.1, 0.15) is 23.8 Å². The molecule has 3 N–H and O–H groups in total. The highest BCUT2D eigenvalue weighted by molar-refractivity contribution is 8.01. The summed E-state index contributed by atoms with van der Waals surface area (Å²) in [5.74, 6) is 1.26. The summed E-state index contributed by atoms with van der Waals surface area (Å²) in [7, 11) is 0. The highest BCUT2D eigenvalue weighted by atomic mass is 32.2. The minimum Gasteiger partial charge on any atom is -0.492 e. The third-order valence-electron chi connectivity index (χ3n) is 5.76. The molecule has 0 bridgehead atoms. The van der Waals surface area contributed by atoms with E-state index in [1.165, 1.54) is 37.7 Å². The summed E-state index contributed by atoms with van der Waals surface area (Å²) in [4.78, 5) is 13.5.